The van der Waals surface area contributed by atoms with E-state index in [4.69, 9.17) is 29.9 Å². The molecule has 684 valence electrons. The van der Waals surface area contributed by atoms with E-state index in [1.54, 1.807) is 0 Å². The van der Waals surface area contributed by atoms with E-state index in [9.17, 15) is 0 Å². The van der Waals surface area contributed by atoms with Crippen molar-refractivity contribution >= 4 is 43.6 Å². The van der Waals surface area contributed by atoms with Gasteiger partial charge in [-0.3, -0.25) is 0 Å². The molecule has 0 saturated carbocycles. The lowest BCUT2D eigenvalue weighted by Gasteiger charge is -2.31. The van der Waals surface area contributed by atoms with Gasteiger partial charge in [0.15, 0.2) is 34.9 Å². The molecule has 0 radical (unpaired) electrons. The van der Waals surface area contributed by atoms with Gasteiger partial charge < -0.3 is 9.13 Å². The van der Waals surface area contributed by atoms with E-state index in [0.29, 0.717) is 34.9 Å². The lowest BCUT2D eigenvalue weighted by Crippen LogP contribution is -2.26. The van der Waals surface area contributed by atoms with Crippen LogP contribution in [-0.4, -0.2) is 39.0 Å². The van der Waals surface area contributed by atoms with Crippen molar-refractivity contribution < 1.29 is 0 Å². The van der Waals surface area contributed by atoms with Crippen molar-refractivity contribution in [2.45, 2.75) is 5.41 Å². The fourth-order valence-electron chi connectivity index (χ4n) is 23.0. The Morgan fingerprint density at radius 1 is 0.129 bits per heavy atom. The van der Waals surface area contributed by atoms with Gasteiger partial charge in [0.05, 0.1) is 27.5 Å². The zero-order valence-corrected chi connectivity index (χ0v) is 79.9. The molecular weight excluding hydrogens is 1780 g/mol. The van der Waals surface area contributed by atoms with E-state index < -0.39 is 5.41 Å². The maximum Gasteiger partial charge on any atom is 0.164 e. The highest BCUT2D eigenvalue weighted by atomic mass is 15.0. The first-order chi connectivity index (χ1) is 72.8. The summed E-state index contributed by atoms with van der Waals surface area (Å²) < 4.78 is 5.04. The molecule has 0 N–H and O–H groups in total. The SMILES string of the molecule is c1ccc(-c2cc(-c3ccccc3)cc(-c3cccc(-c4nc(-c5ccccc5)nc(-c5cccc(-c6cccc7c6c6cc(-c8ccccc8)ccc6n7-c6ccc7c(c6)C6(c8ccccc8-7)c7ccccc7-c7ccc(-n8c9ccc(-c%10ccccc%10)cc9c9c(-c%10cccc(-c%11nc(-c%12ccccc%12)nc(-c%12cccc(-c%13cc(-c%14ccccc%14)cc(-c%14ccccc%14)c%13)c%12)n%11)c%10)cccc98)cc76)c5)n4)c3)c2)cc1. The van der Waals surface area contributed by atoms with Crippen LogP contribution in [0.4, 0.5) is 0 Å². The van der Waals surface area contributed by atoms with Crippen LogP contribution in [0.5, 0.6) is 0 Å². The van der Waals surface area contributed by atoms with Crippen molar-refractivity contribution in [3.8, 4) is 213 Å². The third-order valence-electron chi connectivity index (χ3n) is 29.8. The Kier molecular flexibility index (Phi) is 20.7. The smallest absolute Gasteiger partial charge is 0.164 e. The molecule has 147 heavy (non-hydrogen) atoms. The summed E-state index contributed by atoms with van der Waals surface area (Å²) in [6.45, 7) is 0. The second-order valence-electron chi connectivity index (χ2n) is 38.3. The molecule has 0 amide bonds. The third kappa shape index (κ3) is 14.9. The van der Waals surface area contributed by atoms with Crippen LogP contribution in [0.2, 0.25) is 0 Å². The number of hydrogen-bond donors (Lipinski definition) is 0. The number of benzene rings is 22. The van der Waals surface area contributed by atoms with Crippen molar-refractivity contribution in [2.24, 2.45) is 0 Å². The lowest BCUT2D eigenvalue weighted by molar-refractivity contribution is 0.791. The summed E-state index contributed by atoms with van der Waals surface area (Å²) in [6, 6.07) is 194. The van der Waals surface area contributed by atoms with Gasteiger partial charge in [0, 0.05) is 66.3 Å². The van der Waals surface area contributed by atoms with Gasteiger partial charge in [-0.05, 0) is 277 Å². The van der Waals surface area contributed by atoms with Crippen LogP contribution in [0.3, 0.4) is 0 Å². The highest BCUT2D eigenvalue weighted by Crippen LogP contribution is 2.64. The molecule has 4 heterocycles. The molecule has 0 unspecified atom stereocenters. The van der Waals surface area contributed by atoms with E-state index in [2.05, 4.69) is 507 Å². The van der Waals surface area contributed by atoms with Crippen LogP contribution in [0.15, 0.2) is 534 Å². The summed E-state index contributed by atoms with van der Waals surface area (Å²) in [5.41, 5.74) is 43.1. The van der Waals surface area contributed by atoms with E-state index in [1.807, 2.05) is 36.4 Å². The molecule has 22 aromatic carbocycles. The van der Waals surface area contributed by atoms with Gasteiger partial charge in [-0.1, -0.05) is 413 Å². The quantitative estimate of drug-likeness (QED) is 0.0851. The van der Waals surface area contributed by atoms with Crippen molar-refractivity contribution in [3.63, 3.8) is 0 Å². The van der Waals surface area contributed by atoms with Gasteiger partial charge in [-0.2, -0.15) is 0 Å². The first kappa shape index (κ1) is 85.4. The minimum atomic E-state index is -0.766. The van der Waals surface area contributed by atoms with Crippen LogP contribution >= 0.6 is 0 Å². The predicted molar refractivity (Wildman–Crippen MR) is 605 cm³/mol. The summed E-state index contributed by atoms with van der Waals surface area (Å²) in [7, 11) is 0. The normalized spacial score (nSPS) is 12.1. The first-order valence-corrected chi connectivity index (χ1v) is 50.2. The summed E-state index contributed by atoms with van der Waals surface area (Å²) in [5, 5.41) is 4.54. The van der Waals surface area contributed by atoms with Crippen LogP contribution in [-0.2, 0) is 5.41 Å². The van der Waals surface area contributed by atoms with E-state index in [-0.39, 0.29) is 0 Å². The number of rotatable bonds is 18. The Morgan fingerprint density at radius 2 is 0.354 bits per heavy atom. The number of nitrogens with zero attached hydrogens (tertiary/aromatic N) is 8. The lowest BCUT2D eigenvalue weighted by atomic mass is 9.70. The molecular formula is C139H88N8. The number of hydrogen-bond acceptors (Lipinski definition) is 6. The number of aromatic nitrogens is 8. The Morgan fingerprint density at radius 3 is 0.680 bits per heavy atom. The Hall–Kier alpha value is -19.5. The zero-order valence-electron chi connectivity index (χ0n) is 79.9. The average Bonchev–Trinajstić information content (AvgIpc) is 1.50. The molecule has 1 spiro atoms. The van der Waals surface area contributed by atoms with Gasteiger partial charge in [-0.25, -0.2) is 29.9 Å². The standard InChI is InChI=1S/C139H88N8/c1-9-35-89(36-10-1)99-67-73-127-121(85-99)131-115(101-53-31-57-105(77-101)137-142-133(95-47-21-7-22-48-95)140-135(144-137)103-55-29-51-97(75-103)111-81-107(91-39-13-3-14-40-91)79-108(82-111)92-41-15-4-16-42-92)61-33-65-129(131)146(127)113-69-71-119-117-59-25-27-63-123(117)139(125(119)87-113)124-64-28-26-60-118(124)120-72-70-114(88-126(120)139)147-128-74-68-100(90-37-11-2-12-38-90)86-122(128)132-116(62-34-66-130(132)147)102-54-32-58-106(78-102)138-143-134(96-49-23-8-24-50-96)141-136(145-138)104-56-30-52-98(76-104)112-83-109(93-43-17-5-18-44-93)80-110(84-112)94-45-19-6-20-46-94/h1-88H. The van der Waals surface area contributed by atoms with Gasteiger partial charge in [-0.15, -0.1) is 0 Å². The Balaban J connectivity index is 0.578. The highest BCUT2D eigenvalue weighted by molar-refractivity contribution is 6.19. The molecule has 0 fully saturated rings. The number of fused-ring (bicyclic) bond motifs is 16. The van der Waals surface area contributed by atoms with Gasteiger partial charge >= 0.3 is 0 Å². The van der Waals surface area contributed by atoms with Crippen LogP contribution in [0.25, 0.3) is 257 Å². The first-order valence-electron chi connectivity index (χ1n) is 50.2. The average molecular weight is 1870 g/mol. The van der Waals surface area contributed by atoms with E-state index >= 15 is 0 Å². The molecule has 4 aromatic heterocycles. The molecule has 2 aliphatic rings. The van der Waals surface area contributed by atoms with Gasteiger partial charge in [0.1, 0.15) is 0 Å². The molecule has 2 aliphatic carbocycles. The summed E-state index contributed by atoms with van der Waals surface area (Å²) in [6.07, 6.45) is 0. The monoisotopic (exact) mass is 1870 g/mol. The van der Waals surface area contributed by atoms with Crippen LogP contribution in [0, 0.1) is 0 Å². The summed E-state index contributed by atoms with van der Waals surface area (Å²) >= 11 is 0. The maximum absolute atomic E-state index is 5.48. The predicted octanol–water partition coefficient (Wildman–Crippen LogP) is 35.3. The molecule has 0 bridgehead atoms. The topological polar surface area (TPSA) is 87.2 Å². The largest absolute Gasteiger partial charge is 0.309 e. The molecule has 8 heteroatoms. The van der Waals surface area contributed by atoms with E-state index in [1.165, 1.54) is 44.5 Å². The van der Waals surface area contributed by atoms with Gasteiger partial charge in [0.2, 0.25) is 0 Å². The van der Waals surface area contributed by atoms with Crippen molar-refractivity contribution in [2.75, 3.05) is 0 Å². The fourth-order valence-corrected chi connectivity index (χ4v) is 23.0. The second-order valence-corrected chi connectivity index (χ2v) is 38.3. The summed E-state index contributed by atoms with van der Waals surface area (Å²) in [4.78, 5) is 32.4. The molecule has 8 nitrogen and oxygen atoms in total. The molecule has 0 saturated heterocycles. The second kappa shape index (κ2) is 35.6. The Bertz CT molecular complexity index is 9030. The maximum atomic E-state index is 5.48. The van der Waals surface area contributed by atoms with Crippen LogP contribution in [0.1, 0.15) is 22.3 Å². The molecule has 28 rings (SSSR count). The zero-order chi connectivity index (χ0) is 97.0. The van der Waals surface area contributed by atoms with Crippen molar-refractivity contribution in [1.82, 2.24) is 39.0 Å². The molecule has 26 aromatic rings. The van der Waals surface area contributed by atoms with Crippen LogP contribution < -0.4 is 0 Å². The van der Waals surface area contributed by atoms with Crippen molar-refractivity contribution in [1.29, 1.82) is 0 Å². The van der Waals surface area contributed by atoms with E-state index in [0.717, 1.165) is 200 Å². The molecule has 0 aliphatic heterocycles. The third-order valence-corrected chi connectivity index (χ3v) is 29.8. The minimum Gasteiger partial charge on any atom is -0.309 e. The fraction of sp³-hybridized carbons (Fsp3) is 0.00719. The molecule has 0 atom stereocenters. The minimum absolute atomic E-state index is 0.574. The van der Waals surface area contributed by atoms with Crippen molar-refractivity contribution in [3.05, 3.63) is 556 Å². The summed E-state index contributed by atoms with van der Waals surface area (Å²) in [5.74, 6) is 3.49. The Labute approximate surface area is 851 Å². The van der Waals surface area contributed by atoms with Gasteiger partial charge in [0.25, 0.3) is 0 Å². The highest BCUT2D eigenvalue weighted by Gasteiger charge is 2.52.